The van der Waals surface area contributed by atoms with Gasteiger partial charge in [-0.1, -0.05) is 94.9 Å². The third-order valence-electron chi connectivity index (χ3n) is 12.1. The topological polar surface area (TPSA) is 72.9 Å². The van der Waals surface area contributed by atoms with E-state index >= 15 is 0 Å². The summed E-state index contributed by atoms with van der Waals surface area (Å²) in [6.45, 7) is 3.83. The number of fused-ring (bicyclic) bond motifs is 2. The van der Waals surface area contributed by atoms with E-state index in [2.05, 4.69) is 15.1 Å². The lowest BCUT2D eigenvalue weighted by molar-refractivity contribution is 0.0936. The number of rotatable bonds is 8. The molecule has 1 heterocycles. The predicted octanol–water partition coefficient (Wildman–Crippen LogP) is 7.49. The van der Waals surface area contributed by atoms with Gasteiger partial charge in [0.15, 0.2) is 11.6 Å². The van der Waals surface area contributed by atoms with Crippen molar-refractivity contribution in [2.45, 2.75) is 109 Å². The van der Waals surface area contributed by atoms with E-state index in [1.54, 1.807) is 36.4 Å². The lowest BCUT2D eigenvalue weighted by Crippen LogP contribution is -2.43. The molecule has 0 spiro atoms. The highest BCUT2D eigenvalue weighted by Crippen LogP contribution is 2.44. The molecule has 2 aromatic rings. The monoisotopic (exact) mass is 611 g/mol. The van der Waals surface area contributed by atoms with Crippen LogP contribution in [0.25, 0.3) is 0 Å². The number of β-amino-alcohol motifs (C(OH)–C–C–N with tert-alkyl or cyclic N) is 1. The third-order valence-corrected chi connectivity index (χ3v) is 12.1. The van der Waals surface area contributed by atoms with Gasteiger partial charge in [-0.25, -0.2) is 0 Å². The molecule has 0 radical (unpaired) electrons. The molecule has 1 saturated heterocycles. The molecule has 2 N–H and O–H groups in total. The fourth-order valence-corrected chi connectivity index (χ4v) is 9.90. The zero-order chi connectivity index (χ0) is 30.8. The third kappa shape index (κ3) is 6.80. The van der Waals surface area contributed by atoms with Crippen molar-refractivity contribution in [3.63, 3.8) is 0 Å². The van der Waals surface area contributed by atoms with Gasteiger partial charge >= 0.3 is 0 Å². The summed E-state index contributed by atoms with van der Waals surface area (Å²) >= 11 is 0. The van der Waals surface area contributed by atoms with E-state index in [0.29, 0.717) is 46.4 Å². The molecule has 4 aliphatic carbocycles. The Kier molecular flexibility index (Phi) is 9.72. The molecule has 6 heteroatoms. The van der Waals surface area contributed by atoms with Crippen molar-refractivity contribution < 1.29 is 14.7 Å². The maximum absolute atomic E-state index is 13.3. The largest absolute Gasteiger partial charge is 0.372 e. The first-order chi connectivity index (χ1) is 22.0. The first-order valence-corrected chi connectivity index (χ1v) is 18.3. The van der Waals surface area contributed by atoms with E-state index < -0.39 is 6.23 Å². The van der Waals surface area contributed by atoms with Gasteiger partial charge in [-0.3, -0.25) is 19.4 Å². The standard InChI is InChI=1S/C39H53N3O3/c43-37(40-30-20-21-34-35(22-30)39(45)33-18-10-9-17-32(33)38(34)44)25-42-26-41(23-29-16-11-19-31(29)27-12-7-8-13-27)24-36(42)28-14-5-3-1-2-4-6-15-28/h9-10,17-18,20-22,27-29,31,36-37,40,43H,1-8,11-16,19,23-26H2/t29-,31?,36?,37?/m1/s1. The number of hydrogen-bond donors (Lipinski definition) is 2. The van der Waals surface area contributed by atoms with Gasteiger partial charge in [-0.15, -0.1) is 0 Å². The average molecular weight is 612 g/mol. The second kappa shape index (κ2) is 14.1. The number of nitrogens with one attached hydrogen (secondary N) is 1. The summed E-state index contributed by atoms with van der Waals surface area (Å²) < 4.78 is 0. The van der Waals surface area contributed by atoms with E-state index in [-0.39, 0.29) is 11.6 Å². The van der Waals surface area contributed by atoms with Crippen LogP contribution >= 0.6 is 0 Å². The van der Waals surface area contributed by atoms with Crippen LogP contribution in [0.3, 0.4) is 0 Å². The van der Waals surface area contributed by atoms with Crippen LogP contribution in [0.2, 0.25) is 0 Å². The number of anilines is 1. The molecule has 4 atom stereocenters. The lowest BCUT2D eigenvalue weighted by Gasteiger charge is -2.32. The SMILES string of the molecule is O=C1c2ccccc2C(=O)c2cc(NC(O)CN3CN(C[C@H]4CCCC4C4CCCC4)CC3C3CCCCCCCC3)ccc21. The highest BCUT2D eigenvalue weighted by molar-refractivity contribution is 6.28. The minimum absolute atomic E-state index is 0.111. The van der Waals surface area contributed by atoms with Crippen molar-refractivity contribution >= 4 is 17.3 Å². The van der Waals surface area contributed by atoms with Gasteiger partial charge in [0.05, 0.1) is 6.67 Å². The summed E-state index contributed by atoms with van der Waals surface area (Å²) in [4.78, 5) is 31.7. The Morgan fingerprint density at radius 2 is 1.33 bits per heavy atom. The Hall–Kier alpha value is -2.54. The van der Waals surface area contributed by atoms with Crippen molar-refractivity contribution in [1.29, 1.82) is 0 Å². The van der Waals surface area contributed by atoms with Gasteiger partial charge in [0.1, 0.15) is 6.23 Å². The number of carbonyl (C=O) groups excluding carboxylic acids is 2. The zero-order valence-electron chi connectivity index (χ0n) is 27.1. The first kappa shape index (κ1) is 31.1. The van der Waals surface area contributed by atoms with Gasteiger partial charge in [-0.2, -0.15) is 0 Å². The molecule has 2 aromatic carbocycles. The maximum Gasteiger partial charge on any atom is 0.194 e. The minimum Gasteiger partial charge on any atom is -0.372 e. The Balaban J connectivity index is 1.05. The highest BCUT2D eigenvalue weighted by atomic mass is 16.3. The fourth-order valence-electron chi connectivity index (χ4n) is 9.90. The van der Waals surface area contributed by atoms with Crippen molar-refractivity contribution in [3.05, 3.63) is 64.7 Å². The molecule has 0 aromatic heterocycles. The molecule has 3 saturated carbocycles. The summed E-state index contributed by atoms with van der Waals surface area (Å²) in [7, 11) is 0. The number of ketones is 2. The van der Waals surface area contributed by atoms with E-state index in [9.17, 15) is 14.7 Å². The van der Waals surface area contributed by atoms with E-state index in [1.807, 2.05) is 6.07 Å². The summed E-state index contributed by atoms with van der Waals surface area (Å²) in [6, 6.07) is 12.9. The molecule has 242 valence electrons. The predicted molar refractivity (Wildman–Crippen MR) is 180 cm³/mol. The van der Waals surface area contributed by atoms with Gasteiger partial charge in [-0.05, 0) is 67.6 Å². The van der Waals surface area contributed by atoms with Gasteiger partial charge < -0.3 is 10.4 Å². The second-order valence-corrected chi connectivity index (χ2v) is 15.0. The van der Waals surface area contributed by atoms with Crippen LogP contribution in [0.4, 0.5) is 5.69 Å². The first-order valence-electron chi connectivity index (χ1n) is 18.3. The number of nitrogens with zero attached hydrogens (tertiary/aromatic N) is 2. The van der Waals surface area contributed by atoms with Gasteiger partial charge in [0.25, 0.3) is 0 Å². The average Bonchev–Trinajstić information content (AvgIpc) is 3.83. The van der Waals surface area contributed by atoms with Gasteiger partial charge in [0.2, 0.25) is 0 Å². The van der Waals surface area contributed by atoms with Crippen LogP contribution in [0, 0.1) is 23.7 Å². The van der Waals surface area contributed by atoms with Crippen LogP contribution in [-0.4, -0.2) is 65.0 Å². The van der Waals surface area contributed by atoms with Crippen molar-refractivity contribution in [3.8, 4) is 0 Å². The molecule has 6 nitrogen and oxygen atoms in total. The molecule has 1 aliphatic heterocycles. The number of aliphatic hydroxyl groups is 1. The second-order valence-electron chi connectivity index (χ2n) is 15.0. The van der Waals surface area contributed by atoms with E-state index in [0.717, 1.165) is 31.0 Å². The molecule has 45 heavy (non-hydrogen) atoms. The Bertz CT molecular complexity index is 1340. The van der Waals surface area contributed by atoms with Crippen molar-refractivity contribution in [1.82, 2.24) is 9.80 Å². The van der Waals surface area contributed by atoms with E-state index in [1.165, 1.54) is 103 Å². The summed E-state index contributed by atoms with van der Waals surface area (Å²) in [5.74, 6) is 3.15. The summed E-state index contributed by atoms with van der Waals surface area (Å²) in [6.07, 6.45) is 19.9. The normalized spacial score (nSPS) is 28.0. The zero-order valence-corrected chi connectivity index (χ0v) is 27.1. The molecular weight excluding hydrogens is 558 g/mol. The Morgan fingerprint density at radius 1 is 0.711 bits per heavy atom. The minimum atomic E-state index is -0.763. The number of aliphatic hydroxyl groups excluding tert-OH is 1. The number of benzene rings is 2. The van der Waals surface area contributed by atoms with Crippen LogP contribution in [0.15, 0.2) is 42.5 Å². The maximum atomic E-state index is 13.3. The lowest BCUT2D eigenvalue weighted by atomic mass is 9.82. The number of carbonyl (C=O) groups is 2. The van der Waals surface area contributed by atoms with E-state index in [4.69, 9.17) is 0 Å². The Morgan fingerprint density at radius 3 is 2.07 bits per heavy atom. The van der Waals surface area contributed by atoms with Crippen LogP contribution in [0.1, 0.15) is 128 Å². The molecular formula is C39H53N3O3. The van der Waals surface area contributed by atoms with Gasteiger partial charge in [0, 0.05) is 53.6 Å². The fraction of sp³-hybridized carbons (Fsp3) is 0.641. The summed E-state index contributed by atoms with van der Waals surface area (Å²) in [5.41, 5.74) is 2.47. The molecule has 3 unspecified atom stereocenters. The van der Waals surface area contributed by atoms with Crippen molar-refractivity contribution in [2.24, 2.45) is 23.7 Å². The molecule has 5 aliphatic rings. The molecule has 0 bridgehead atoms. The quantitative estimate of drug-likeness (QED) is 0.257. The molecule has 4 fully saturated rings. The summed E-state index contributed by atoms with van der Waals surface area (Å²) in [5, 5.41) is 14.7. The van der Waals surface area contributed by atoms with Crippen LogP contribution in [-0.2, 0) is 0 Å². The van der Waals surface area contributed by atoms with Crippen molar-refractivity contribution in [2.75, 3.05) is 31.6 Å². The number of hydrogen-bond acceptors (Lipinski definition) is 6. The Labute approximate surface area is 269 Å². The van der Waals surface area contributed by atoms with Crippen LogP contribution < -0.4 is 5.32 Å². The smallest absolute Gasteiger partial charge is 0.194 e. The molecule has 0 amide bonds. The van der Waals surface area contributed by atoms with Crippen LogP contribution in [0.5, 0.6) is 0 Å². The highest BCUT2D eigenvalue weighted by Gasteiger charge is 2.41. The molecule has 7 rings (SSSR count).